The molecule has 3 aliphatic rings. The number of rotatable bonds is 1. The van der Waals surface area contributed by atoms with Crippen molar-refractivity contribution in [1.82, 2.24) is 0 Å². The molecule has 0 aliphatic carbocycles. The number of benzene rings is 1. The molecule has 0 bridgehead atoms. The van der Waals surface area contributed by atoms with Gasteiger partial charge in [0.15, 0.2) is 5.79 Å². The molecule has 3 aliphatic heterocycles. The molecule has 0 N–H and O–H groups in total. The summed E-state index contributed by atoms with van der Waals surface area (Å²) in [5.74, 6) is -0.548. The summed E-state index contributed by atoms with van der Waals surface area (Å²) in [5.41, 5.74) is 2.28. The van der Waals surface area contributed by atoms with Gasteiger partial charge in [-0.15, -0.1) is 0 Å². The van der Waals surface area contributed by atoms with Crippen LogP contribution in [0.15, 0.2) is 18.2 Å². The first-order chi connectivity index (χ1) is 9.53. The van der Waals surface area contributed by atoms with E-state index in [1.165, 1.54) is 5.56 Å². The highest BCUT2D eigenvalue weighted by molar-refractivity contribution is 6.30. The highest BCUT2D eigenvalue weighted by Crippen LogP contribution is 2.44. The Balaban J connectivity index is 1.63. The predicted octanol–water partition coefficient (Wildman–Crippen LogP) is 2.83. The van der Waals surface area contributed by atoms with E-state index in [2.05, 4.69) is 0 Å². The molecule has 4 atom stereocenters. The number of halogens is 1. The minimum Gasteiger partial charge on any atom is -0.370 e. The van der Waals surface area contributed by atoms with Crippen molar-refractivity contribution in [2.24, 2.45) is 0 Å². The van der Waals surface area contributed by atoms with E-state index < -0.39 is 5.79 Å². The highest BCUT2D eigenvalue weighted by Gasteiger charge is 2.53. The molecule has 20 heavy (non-hydrogen) atoms. The summed E-state index contributed by atoms with van der Waals surface area (Å²) in [6, 6.07) is 5.87. The van der Waals surface area contributed by atoms with E-state index in [0.29, 0.717) is 13.2 Å². The van der Waals surface area contributed by atoms with Crippen molar-refractivity contribution < 1.29 is 18.9 Å². The van der Waals surface area contributed by atoms with Crippen molar-refractivity contribution in [3.63, 3.8) is 0 Å². The maximum absolute atomic E-state index is 6.10. The van der Waals surface area contributed by atoms with Crippen LogP contribution in [0.25, 0.3) is 0 Å². The van der Waals surface area contributed by atoms with Crippen LogP contribution in [-0.2, 0) is 25.6 Å². The minimum absolute atomic E-state index is 0.0122. The quantitative estimate of drug-likeness (QED) is 0.798. The van der Waals surface area contributed by atoms with Crippen LogP contribution in [0.5, 0.6) is 0 Å². The molecule has 1 aromatic rings. The normalized spacial score (nSPS) is 38.0. The molecule has 4 unspecified atom stereocenters. The van der Waals surface area contributed by atoms with Crippen LogP contribution >= 0.6 is 11.6 Å². The first-order valence-electron chi connectivity index (χ1n) is 6.91. The third-order valence-electron chi connectivity index (χ3n) is 4.13. The Labute approximate surface area is 122 Å². The zero-order valence-electron chi connectivity index (χ0n) is 11.5. The van der Waals surface area contributed by atoms with Gasteiger partial charge >= 0.3 is 0 Å². The Morgan fingerprint density at radius 3 is 2.85 bits per heavy atom. The molecule has 0 spiro atoms. The Kier molecular flexibility index (Phi) is 2.88. The zero-order chi connectivity index (χ0) is 13.9. The highest BCUT2D eigenvalue weighted by atomic mass is 35.5. The lowest BCUT2D eigenvalue weighted by Gasteiger charge is -2.25. The molecule has 2 fully saturated rings. The topological polar surface area (TPSA) is 36.9 Å². The lowest BCUT2D eigenvalue weighted by Crippen LogP contribution is -2.34. The Morgan fingerprint density at radius 1 is 1.15 bits per heavy atom. The van der Waals surface area contributed by atoms with Gasteiger partial charge in [-0.05, 0) is 37.1 Å². The van der Waals surface area contributed by atoms with Crippen LogP contribution in [0.4, 0.5) is 0 Å². The Morgan fingerprint density at radius 2 is 2.00 bits per heavy atom. The fraction of sp³-hybridized carbons (Fsp3) is 0.600. The van der Waals surface area contributed by atoms with Crippen molar-refractivity contribution in [2.75, 3.05) is 6.61 Å². The van der Waals surface area contributed by atoms with Gasteiger partial charge in [0.2, 0.25) is 0 Å². The Hall–Kier alpha value is -0.650. The van der Waals surface area contributed by atoms with Gasteiger partial charge in [-0.25, -0.2) is 0 Å². The van der Waals surface area contributed by atoms with E-state index in [9.17, 15) is 0 Å². The van der Waals surface area contributed by atoms with Crippen molar-refractivity contribution in [1.29, 1.82) is 0 Å². The Bertz CT molecular complexity index is 545. The number of fused-ring (bicyclic) bond motifs is 2. The average Bonchev–Trinajstić information content (AvgIpc) is 3.00. The average molecular weight is 297 g/mol. The maximum atomic E-state index is 6.10. The van der Waals surface area contributed by atoms with Gasteiger partial charge in [0, 0.05) is 5.02 Å². The van der Waals surface area contributed by atoms with Gasteiger partial charge in [0.1, 0.15) is 24.4 Å². The van der Waals surface area contributed by atoms with Crippen molar-refractivity contribution >= 4 is 11.6 Å². The van der Waals surface area contributed by atoms with Gasteiger partial charge in [-0.2, -0.15) is 0 Å². The van der Waals surface area contributed by atoms with E-state index in [1.54, 1.807) is 0 Å². The van der Waals surface area contributed by atoms with Gasteiger partial charge in [0.25, 0.3) is 0 Å². The molecule has 4 rings (SSSR count). The summed E-state index contributed by atoms with van der Waals surface area (Å²) in [6.45, 7) is 5.01. The van der Waals surface area contributed by atoms with Gasteiger partial charge in [-0.3, -0.25) is 0 Å². The van der Waals surface area contributed by atoms with E-state index in [4.69, 9.17) is 30.5 Å². The molecule has 108 valence electrons. The van der Waals surface area contributed by atoms with Crippen LogP contribution in [0.3, 0.4) is 0 Å². The molecule has 0 aromatic heterocycles. The molecule has 2 saturated heterocycles. The fourth-order valence-electron chi connectivity index (χ4n) is 3.33. The summed E-state index contributed by atoms with van der Waals surface area (Å²) in [5, 5.41) is 0.720. The number of hydrogen-bond donors (Lipinski definition) is 0. The predicted molar refractivity (Wildman–Crippen MR) is 72.5 cm³/mol. The number of ether oxygens (including phenoxy) is 4. The molecule has 1 aromatic carbocycles. The van der Waals surface area contributed by atoms with Crippen LogP contribution in [0.1, 0.15) is 31.1 Å². The van der Waals surface area contributed by atoms with Crippen molar-refractivity contribution in [3.05, 3.63) is 34.3 Å². The molecule has 3 heterocycles. The zero-order valence-corrected chi connectivity index (χ0v) is 12.2. The standard InChI is InChI=1S/C15H17ClO4/c1-15(2)19-11-7-18-14(13(11)20-15)12-10-5-9(16)4-3-8(10)6-17-12/h3-5,11-14H,6-7H2,1-2H3. The van der Waals surface area contributed by atoms with Crippen LogP contribution in [0, 0.1) is 0 Å². The van der Waals surface area contributed by atoms with E-state index in [-0.39, 0.29) is 24.4 Å². The van der Waals surface area contributed by atoms with Crippen molar-refractivity contribution in [2.45, 2.75) is 50.7 Å². The van der Waals surface area contributed by atoms with Gasteiger partial charge in [-0.1, -0.05) is 17.7 Å². The molecule has 4 nitrogen and oxygen atoms in total. The van der Waals surface area contributed by atoms with Crippen LogP contribution in [-0.4, -0.2) is 30.7 Å². The second-order valence-corrected chi connectivity index (χ2v) is 6.45. The molecule has 0 saturated carbocycles. The second kappa shape index (κ2) is 4.42. The first-order valence-corrected chi connectivity index (χ1v) is 7.28. The third kappa shape index (κ3) is 1.98. The third-order valence-corrected chi connectivity index (χ3v) is 4.36. The van der Waals surface area contributed by atoms with Crippen LogP contribution < -0.4 is 0 Å². The number of hydrogen-bond acceptors (Lipinski definition) is 4. The summed E-state index contributed by atoms with van der Waals surface area (Å²) < 4.78 is 23.6. The lowest BCUT2D eigenvalue weighted by atomic mass is 9.98. The van der Waals surface area contributed by atoms with E-state index >= 15 is 0 Å². The van der Waals surface area contributed by atoms with Crippen LogP contribution in [0.2, 0.25) is 5.02 Å². The molecule has 0 amide bonds. The minimum atomic E-state index is -0.548. The monoisotopic (exact) mass is 296 g/mol. The van der Waals surface area contributed by atoms with Gasteiger partial charge in [0.05, 0.1) is 13.2 Å². The lowest BCUT2D eigenvalue weighted by molar-refractivity contribution is -0.187. The maximum Gasteiger partial charge on any atom is 0.164 e. The van der Waals surface area contributed by atoms with Gasteiger partial charge < -0.3 is 18.9 Å². The summed E-state index contributed by atoms with van der Waals surface area (Å²) in [7, 11) is 0. The molecular formula is C15H17ClO4. The SMILES string of the molecule is CC1(C)OC2COC(C3OCc4ccc(Cl)cc43)C2O1. The molecule has 0 radical (unpaired) electrons. The first kappa shape index (κ1) is 13.0. The van der Waals surface area contributed by atoms with Crippen molar-refractivity contribution in [3.8, 4) is 0 Å². The second-order valence-electron chi connectivity index (χ2n) is 6.01. The van der Waals surface area contributed by atoms with E-state index in [1.807, 2.05) is 32.0 Å². The molecule has 5 heteroatoms. The molecular weight excluding hydrogens is 280 g/mol. The summed E-state index contributed by atoms with van der Waals surface area (Å²) >= 11 is 6.10. The summed E-state index contributed by atoms with van der Waals surface area (Å²) in [4.78, 5) is 0. The largest absolute Gasteiger partial charge is 0.370 e. The summed E-state index contributed by atoms with van der Waals surface area (Å²) in [6.07, 6.45) is -0.362. The fourth-order valence-corrected chi connectivity index (χ4v) is 3.51. The van der Waals surface area contributed by atoms with E-state index in [0.717, 1.165) is 10.6 Å². The smallest absolute Gasteiger partial charge is 0.164 e.